The van der Waals surface area contributed by atoms with Gasteiger partial charge in [-0.15, -0.1) is 0 Å². The van der Waals surface area contributed by atoms with E-state index in [4.69, 9.17) is 5.26 Å². The molecule has 0 aliphatic heterocycles. The smallest absolute Gasteiger partial charge is 0.153 e. The highest BCUT2D eigenvalue weighted by Gasteiger charge is 2.33. The number of hydrogen-bond acceptors (Lipinski definition) is 2. The van der Waals surface area contributed by atoms with E-state index in [1.807, 2.05) is 25.1 Å². The van der Waals surface area contributed by atoms with Crippen LogP contribution in [0, 0.1) is 14.9 Å². The number of alkyl halides is 1. The maximum Gasteiger partial charge on any atom is 0.153 e. The lowest BCUT2D eigenvalue weighted by Gasteiger charge is -2.28. The predicted octanol–water partition coefficient (Wildman–Crippen LogP) is 4.99. The molecular formula is C16H19BrINO. The molecule has 0 heterocycles. The first-order valence-electron chi connectivity index (χ1n) is 6.77. The van der Waals surface area contributed by atoms with Crippen molar-refractivity contribution in [3.05, 3.63) is 33.4 Å². The molecule has 108 valence electrons. The van der Waals surface area contributed by atoms with Crippen molar-refractivity contribution in [1.82, 2.24) is 0 Å². The molecule has 0 N–H and O–H groups in total. The van der Waals surface area contributed by atoms with Gasteiger partial charge in [0.05, 0.1) is 16.8 Å². The summed E-state index contributed by atoms with van der Waals surface area (Å²) < 4.78 is 1.15. The van der Waals surface area contributed by atoms with Crippen LogP contribution in [-0.4, -0.2) is 11.1 Å². The highest BCUT2D eigenvalue weighted by molar-refractivity contribution is 14.1. The molecule has 0 saturated carbocycles. The average Bonchev–Trinajstić information content (AvgIpc) is 2.46. The summed E-state index contributed by atoms with van der Waals surface area (Å²) in [6.45, 7) is 2.03. The number of nitrogens with zero attached hydrogens (tertiary/aromatic N) is 1. The third-order valence-electron chi connectivity index (χ3n) is 3.66. The summed E-state index contributed by atoms with van der Waals surface area (Å²) in [5, 5.41) is 8.93. The molecule has 0 spiro atoms. The summed E-state index contributed by atoms with van der Waals surface area (Å²) in [6.07, 6.45) is 4.34. The van der Waals surface area contributed by atoms with Crippen molar-refractivity contribution in [2.75, 3.05) is 5.33 Å². The first-order valence-corrected chi connectivity index (χ1v) is 8.97. The summed E-state index contributed by atoms with van der Waals surface area (Å²) in [6, 6.07) is 10.3. The van der Waals surface area contributed by atoms with E-state index in [0.717, 1.165) is 34.8 Å². The van der Waals surface area contributed by atoms with Crippen LogP contribution in [0.15, 0.2) is 24.3 Å². The Kier molecular flexibility index (Phi) is 7.75. The maximum absolute atomic E-state index is 12.4. The molecule has 1 aromatic rings. The molecular weight excluding hydrogens is 429 g/mol. The van der Waals surface area contributed by atoms with Crippen molar-refractivity contribution in [3.8, 4) is 6.07 Å². The Labute approximate surface area is 143 Å². The lowest BCUT2D eigenvalue weighted by Crippen LogP contribution is -2.33. The van der Waals surface area contributed by atoms with Gasteiger partial charge < -0.3 is 0 Å². The van der Waals surface area contributed by atoms with Crippen LogP contribution in [0.25, 0.3) is 0 Å². The van der Waals surface area contributed by atoms with Gasteiger partial charge in [-0.3, -0.25) is 4.79 Å². The fraction of sp³-hybridized carbons (Fsp3) is 0.500. The van der Waals surface area contributed by atoms with Crippen LogP contribution >= 0.6 is 38.5 Å². The number of rotatable bonds is 8. The molecule has 0 aromatic heterocycles. The Hall–Kier alpha value is -0.410. The summed E-state index contributed by atoms with van der Waals surface area (Å²) in [4.78, 5) is 12.4. The molecule has 0 aliphatic rings. The Morgan fingerprint density at radius 1 is 1.40 bits per heavy atom. The van der Waals surface area contributed by atoms with E-state index in [0.29, 0.717) is 11.8 Å². The molecule has 20 heavy (non-hydrogen) atoms. The Morgan fingerprint density at radius 3 is 2.75 bits per heavy atom. The fourth-order valence-electron chi connectivity index (χ4n) is 2.28. The molecule has 1 unspecified atom stereocenters. The van der Waals surface area contributed by atoms with E-state index >= 15 is 0 Å². The second kappa shape index (κ2) is 8.78. The van der Waals surface area contributed by atoms with Gasteiger partial charge in [-0.2, -0.15) is 5.26 Å². The van der Waals surface area contributed by atoms with Gasteiger partial charge in [0, 0.05) is 9.99 Å². The van der Waals surface area contributed by atoms with Crippen LogP contribution in [0.2, 0.25) is 0 Å². The summed E-state index contributed by atoms with van der Waals surface area (Å²) in [5.41, 5.74) is 0.659. The largest absolute Gasteiger partial charge is 0.298 e. The Morgan fingerprint density at radius 2 is 2.15 bits per heavy atom. The van der Waals surface area contributed by atoms with E-state index in [1.165, 1.54) is 0 Å². The number of halogens is 2. The van der Waals surface area contributed by atoms with Crippen LogP contribution in [0.5, 0.6) is 0 Å². The van der Waals surface area contributed by atoms with Gasteiger partial charge in [-0.1, -0.05) is 40.9 Å². The van der Waals surface area contributed by atoms with Crippen LogP contribution < -0.4 is 0 Å². The highest BCUT2D eigenvalue weighted by Crippen LogP contribution is 2.32. The minimum absolute atomic E-state index is 0.222. The number of Topliss-reactive ketones (excluding diaryl/α,β-unsaturated/α-hetero) is 1. The first-order chi connectivity index (χ1) is 9.54. The van der Waals surface area contributed by atoms with Crippen molar-refractivity contribution in [3.63, 3.8) is 0 Å². The van der Waals surface area contributed by atoms with Crippen LogP contribution in [0.4, 0.5) is 0 Å². The monoisotopic (exact) mass is 447 g/mol. The minimum atomic E-state index is -0.433. The van der Waals surface area contributed by atoms with E-state index < -0.39 is 5.41 Å². The summed E-state index contributed by atoms with van der Waals surface area (Å²) in [7, 11) is 0. The molecule has 0 bridgehead atoms. The third-order valence-corrected chi connectivity index (χ3v) is 4.84. The Bertz CT molecular complexity index is 497. The van der Waals surface area contributed by atoms with Gasteiger partial charge in [0.25, 0.3) is 0 Å². The predicted molar refractivity (Wildman–Crippen MR) is 94.0 cm³/mol. The fourth-order valence-corrected chi connectivity index (χ4v) is 3.45. The number of unbranched alkanes of at least 4 members (excludes halogenated alkanes) is 3. The van der Waals surface area contributed by atoms with E-state index in [2.05, 4.69) is 50.7 Å². The van der Waals surface area contributed by atoms with Gasteiger partial charge in [0.1, 0.15) is 0 Å². The normalized spacial score (nSPS) is 13.5. The molecule has 1 atom stereocenters. The topological polar surface area (TPSA) is 40.9 Å². The van der Waals surface area contributed by atoms with Gasteiger partial charge in [-0.05, 0) is 60.1 Å². The van der Waals surface area contributed by atoms with Crippen molar-refractivity contribution >= 4 is 44.3 Å². The molecule has 1 rings (SSSR count). The minimum Gasteiger partial charge on any atom is -0.298 e. The van der Waals surface area contributed by atoms with Crippen LogP contribution in [-0.2, 0) is 10.2 Å². The number of ketones is 1. The van der Waals surface area contributed by atoms with Crippen molar-refractivity contribution in [1.29, 1.82) is 5.26 Å². The molecule has 2 nitrogen and oxygen atoms in total. The van der Waals surface area contributed by atoms with E-state index in [-0.39, 0.29) is 5.78 Å². The first kappa shape index (κ1) is 17.6. The average molecular weight is 448 g/mol. The quantitative estimate of drug-likeness (QED) is 0.320. The molecule has 1 aromatic carbocycles. The molecule has 0 amide bonds. The van der Waals surface area contributed by atoms with Gasteiger partial charge in [-0.25, -0.2) is 0 Å². The van der Waals surface area contributed by atoms with Crippen molar-refractivity contribution in [2.45, 2.75) is 44.4 Å². The van der Waals surface area contributed by atoms with Crippen molar-refractivity contribution < 1.29 is 4.79 Å². The van der Waals surface area contributed by atoms with Gasteiger partial charge in [0.15, 0.2) is 5.78 Å². The lowest BCUT2D eigenvalue weighted by molar-refractivity contribution is -0.121. The standard InChI is InChI=1S/C16H19BrINO/c1-16(15(20)12-17,9-4-2-3-5-10-19)13-7-6-8-14(18)11-13/h6-8,11H,2-5,9,12H2,1H3. The number of carbonyl (C=O) groups excluding carboxylic acids is 1. The molecule has 0 fully saturated rings. The number of nitriles is 1. The Balaban J connectivity index is 2.82. The number of benzene rings is 1. The zero-order valence-electron chi connectivity index (χ0n) is 11.7. The SMILES string of the molecule is CC(CCCCCC#N)(C(=O)CBr)c1cccc(I)c1. The second-order valence-electron chi connectivity index (χ2n) is 5.12. The maximum atomic E-state index is 12.4. The number of carbonyl (C=O) groups is 1. The van der Waals surface area contributed by atoms with Crippen LogP contribution in [0.1, 0.15) is 44.6 Å². The summed E-state index contributed by atoms with van der Waals surface area (Å²) >= 11 is 5.58. The molecule has 0 radical (unpaired) electrons. The third kappa shape index (κ3) is 4.85. The zero-order chi connectivity index (χ0) is 15.0. The molecule has 4 heteroatoms. The highest BCUT2D eigenvalue weighted by atomic mass is 127. The van der Waals surface area contributed by atoms with E-state index in [9.17, 15) is 4.79 Å². The molecule has 0 saturated heterocycles. The van der Waals surface area contributed by atoms with Gasteiger partial charge >= 0.3 is 0 Å². The zero-order valence-corrected chi connectivity index (χ0v) is 15.4. The van der Waals surface area contributed by atoms with Crippen molar-refractivity contribution in [2.24, 2.45) is 0 Å². The van der Waals surface area contributed by atoms with Crippen LogP contribution in [0.3, 0.4) is 0 Å². The molecule has 0 aliphatic carbocycles. The summed E-state index contributed by atoms with van der Waals surface area (Å²) in [5.74, 6) is 0.222. The lowest BCUT2D eigenvalue weighted by atomic mass is 9.75. The second-order valence-corrected chi connectivity index (χ2v) is 6.92. The van der Waals surface area contributed by atoms with Gasteiger partial charge in [0.2, 0.25) is 0 Å². The van der Waals surface area contributed by atoms with E-state index in [1.54, 1.807) is 0 Å². The number of hydrogen-bond donors (Lipinski definition) is 0.